The van der Waals surface area contributed by atoms with Gasteiger partial charge in [-0.05, 0) is 23.8 Å². The zero-order valence-corrected chi connectivity index (χ0v) is 7.33. The normalized spacial score (nSPS) is 42.0. The van der Waals surface area contributed by atoms with Crippen molar-refractivity contribution in [3.05, 3.63) is 0 Å². The Morgan fingerprint density at radius 2 is 2.25 bits per heavy atom. The highest BCUT2D eigenvalue weighted by Crippen LogP contribution is 2.62. The molecule has 0 bridgehead atoms. The molecule has 0 aromatic carbocycles. The van der Waals surface area contributed by atoms with Crippen LogP contribution in [0.2, 0.25) is 0 Å². The van der Waals surface area contributed by atoms with Crippen LogP contribution in [0.3, 0.4) is 0 Å². The van der Waals surface area contributed by atoms with Crippen molar-refractivity contribution in [3.8, 4) is 0 Å². The molecule has 2 aliphatic rings. The number of carbonyl (C=O) groups excluding carboxylic acids is 2. The number of hydrogen-bond donors (Lipinski definition) is 1. The topological polar surface area (TPSA) is 46.2 Å². The summed E-state index contributed by atoms with van der Waals surface area (Å²) in [7, 11) is 0. The molecular formula is C9H13NO2. The van der Waals surface area contributed by atoms with E-state index < -0.39 is 0 Å². The fourth-order valence-corrected chi connectivity index (χ4v) is 2.57. The van der Waals surface area contributed by atoms with Gasteiger partial charge in [0.15, 0.2) is 6.29 Å². The third kappa shape index (κ3) is 0.800. The molecule has 3 atom stereocenters. The van der Waals surface area contributed by atoms with Crippen molar-refractivity contribution < 1.29 is 9.59 Å². The molecule has 2 unspecified atom stereocenters. The lowest BCUT2D eigenvalue weighted by atomic mass is 10.0. The Morgan fingerprint density at radius 1 is 1.58 bits per heavy atom. The van der Waals surface area contributed by atoms with Gasteiger partial charge in [0.25, 0.3) is 0 Å². The van der Waals surface area contributed by atoms with Crippen LogP contribution in [-0.4, -0.2) is 24.7 Å². The fourth-order valence-electron chi connectivity index (χ4n) is 2.57. The largest absolute Gasteiger partial charge is 0.307 e. The summed E-state index contributed by atoms with van der Waals surface area (Å²) in [4.78, 5) is 21.4. The summed E-state index contributed by atoms with van der Waals surface area (Å²) >= 11 is 0. The van der Waals surface area contributed by atoms with Gasteiger partial charge >= 0.3 is 0 Å². The minimum Gasteiger partial charge on any atom is -0.307 e. The molecule has 1 aliphatic carbocycles. The molecule has 1 aliphatic heterocycles. The predicted molar refractivity (Wildman–Crippen MR) is 43.6 cm³/mol. The quantitative estimate of drug-likeness (QED) is 0.465. The van der Waals surface area contributed by atoms with Gasteiger partial charge in [-0.15, -0.1) is 0 Å². The number of aldehydes is 1. The van der Waals surface area contributed by atoms with Gasteiger partial charge in [0.05, 0.1) is 6.04 Å². The van der Waals surface area contributed by atoms with Crippen molar-refractivity contribution in [2.75, 3.05) is 6.54 Å². The van der Waals surface area contributed by atoms with Crippen molar-refractivity contribution in [2.24, 2.45) is 17.3 Å². The van der Waals surface area contributed by atoms with Crippen LogP contribution in [0.1, 0.15) is 13.8 Å². The number of ketones is 1. The van der Waals surface area contributed by atoms with Crippen LogP contribution in [0.25, 0.3) is 0 Å². The average molecular weight is 167 g/mol. The third-order valence-electron chi connectivity index (χ3n) is 3.48. The number of piperidine rings is 1. The Labute approximate surface area is 71.5 Å². The minimum atomic E-state index is -0.284. The highest BCUT2D eigenvalue weighted by molar-refractivity contribution is 6.27. The van der Waals surface area contributed by atoms with E-state index in [1.54, 1.807) is 0 Å². The maximum absolute atomic E-state index is 11.1. The smallest absolute Gasteiger partial charge is 0.212 e. The molecule has 0 spiro atoms. The number of hydrogen-bond acceptors (Lipinski definition) is 3. The first-order valence-electron chi connectivity index (χ1n) is 4.31. The first kappa shape index (κ1) is 7.92. The first-order valence-corrected chi connectivity index (χ1v) is 4.31. The summed E-state index contributed by atoms with van der Waals surface area (Å²) in [5, 5.41) is 3.08. The van der Waals surface area contributed by atoms with Gasteiger partial charge in [-0.3, -0.25) is 9.59 Å². The van der Waals surface area contributed by atoms with Crippen LogP contribution in [0, 0.1) is 17.3 Å². The van der Waals surface area contributed by atoms with E-state index in [9.17, 15) is 9.59 Å². The van der Waals surface area contributed by atoms with E-state index in [0.717, 1.165) is 6.54 Å². The zero-order chi connectivity index (χ0) is 8.93. The molecule has 66 valence electrons. The maximum Gasteiger partial charge on any atom is 0.212 e. The van der Waals surface area contributed by atoms with E-state index in [1.165, 1.54) is 0 Å². The molecule has 1 saturated heterocycles. The molecule has 1 N–H and O–H groups in total. The molecule has 3 nitrogen and oxygen atoms in total. The second-order valence-corrected chi connectivity index (χ2v) is 4.36. The molecule has 2 rings (SSSR count). The minimum absolute atomic E-state index is 0.192. The van der Waals surface area contributed by atoms with E-state index in [4.69, 9.17) is 0 Å². The highest BCUT2D eigenvalue weighted by atomic mass is 16.2. The van der Waals surface area contributed by atoms with E-state index in [-0.39, 0.29) is 17.2 Å². The summed E-state index contributed by atoms with van der Waals surface area (Å²) in [5.41, 5.74) is 0.272. The summed E-state index contributed by atoms with van der Waals surface area (Å²) < 4.78 is 0. The maximum atomic E-state index is 11.1. The van der Waals surface area contributed by atoms with Crippen LogP contribution in [0.4, 0.5) is 0 Å². The molecule has 3 heteroatoms. The van der Waals surface area contributed by atoms with Gasteiger partial charge in [0, 0.05) is 0 Å². The monoisotopic (exact) mass is 167 g/mol. The SMILES string of the molecule is CC1(C)C2CN[C@H](C(=O)C=O)C21. The second-order valence-electron chi connectivity index (χ2n) is 4.36. The standard InChI is InChI=1S/C9H13NO2/c1-9(2)5-3-10-8(7(5)9)6(12)4-11/h4-5,7-8,10H,3H2,1-2H3/t5?,7?,8-/m1/s1. The van der Waals surface area contributed by atoms with Gasteiger partial charge in [-0.2, -0.15) is 0 Å². The molecule has 1 heterocycles. The van der Waals surface area contributed by atoms with Gasteiger partial charge in [-0.1, -0.05) is 13.8 Å². The summed E-state index contributed by atoms with van der Waals surface area (Å²) in [6.07, 6.45) is 0.439. The van der Waals surface area contributed by atoms with E-state index in [1.807, 2.05) is 0 Å². The van der Waals surface area contributed by atoms with E-state index >= 15 is 0 Å². The fraction of sp³-hybridized carbons (Fsp3) is 0.778. The van der Waals surface area contributed by atoms with Gasteiger partial charge in [0.1, 0.15) is 0 Å². The number of fused-ring (bicyclic) bond motifs is 1. The Hall–Kier alpha value is -0.700. The third-order valence-corrected chi connectivity index (χ3v) is 3.48. The number of carbonyl (C=O) groups is 2. The van der Waals surface area contributed by atoms with Crippen molar-refractivity contribution >= 4 is 12.1 Å². The zero-order valence-electron chi connectivity index (χ0n) is 7.33. The van der Waals surface area contributed by atoms with Crippen molar-refractivity contribution in [3.63, 3.8) is 0 Å². The molecule has 0 aromatic heterocycles. The molecule has 2 fully saturated rings. The lowest BCUT2D eigenvalue weighted by Gasteiger charge is -2.14. The number of nitrogens with one attached hydrogen (secondary N) is 1. The van der Waals surface area contributed by atoms with Crippen LogP contribution in [0.15, 0.2) is 0 Å². The van der Waals surface area contributed by atoms with Crippen LogP contribution in [0.5, 0.6) is 0 Å². The molecule has 1 saturated carbocycles. The summed E-state index contributed by atoms with van der Waals surface area (Å²) in [6, 6.07) is -0.192. The second kappa shape index (κ2) is 2.16. The van der Waals surface area contributed by atoms with Crippen molar-refractivity contribution in [1.29, 1.82) is 0 Å². The lowest BCUT2D eigenvalue weighted by Crippen LogP contribution is -2.38. The predicted octanol–water partition coefficient (Wildman–Crippen LogP) is -0.00160. The van der Waals surface area contributed by atoms with Gasteiger partial charge < -0.3 is 5.32 Å². The van der Waals surface area contributed by atoms with Crippen LogP contribution < -0.4 is 5.32 Å². The summed E-state index contributed by atoms with van der Waals surface area (Å²) in [5.74, 6) is 0.717. The van der Waals surface area contributed by atoms with Crippen LogP contribution in [-0.2, 0) is 9.59 Å². The Bertz CT molecular complexity index is 247. The van der Waals surface area contributed by atoms with Crippen molar-refractivity contribution in [2.45, 2.75) is 19.9 Å². The van der Waals surface area contributed by atoms with Crippen molar-refractivity contribution in [1.82, 2.24) is 5.32 Å². The molecule has 12 heavy (non-hydrogen) atoms. The van der Waals surface area contributed by atoms with Gasteiger partial charge in [-0.25, -0.2) is 0 Å². The lowest BCUT2D eigenvalue weighted by molar-refractivity contribution is -0.131. The highest BCUT2D eigenvalue weighted by Gasteiger charge is 2.65. The molecule has 0 aromatic rings. The number of rotatable bonds is 2. The molecule has 0 amide bonds. The Balaban J connectivity index is 2.12. The number of Topliss-reactive ketones (excluding diaryl/α,β-unsaturated/α-hetero) is 1. The first-order chi connectivity index (χ1) is 5.59. The Kier molecular flexibility index (Phi) is 1.43. The average Bonchev–Trinajstić information content (AvgIpc) is 2.52. The summed E-state index contributed by atoms with van der Waals surface area (Å²) in [6.45, 7) is 5.21. The van der Waals surface area contributed by atoms with E-state index in [0.29, 0.717) is 18.1 Å². The van der Waals surface area contributed by atoms with Crippen LogP contribution >= 0.6 is 0 Å². The Morgan fingerprint density at radius 3 is 2.67 bits per heavy atom. The van der Waals surface area contributed by atoms with Gasteiger partial charge in [0.2, 0.25) is 5.78 Å². The van der Waals surface area contributed by atoms with E-state index in [2.05, 4.69) is 19.2 Å². The molecule has 0 radical (unpaired) electrons. The molecular weight excluding hydrogens is 154 g/mol.